The number of nitrogens with zero attached hydrogens (tertiary/aromatic N) is 4. The molecule has 1 amide bonds. The Morgan fingerprint density at radius 2 is 1.93 bits per heavy atom. The van der Waals surface area contributed by atoms with E-state index in [0.29, 0.717) is 29.8 Å². The highest BCUT2D eigenvalue weighted by Crippen LogP contribution is 2.34. The fourth-order valence-corrected chi connectivity index (χ4v) is 3.73. The van der Waals surface area contributed by atoms with Crippen molar-refractivity contribution >= 4 is 5.91 Å². The van der Waals surface area contributed by atoms with Gasteiger partial charge in [0.15, 0.2) is 5.69 Å². The summed E-state index contributed by atoms with van der Waals surface area (Å²) in [6.07, 6.45) is 4.59. The summed E-state index contributed by atoms with van der Waals surface area (Å²) < 4.78 is 16.7. The fraction of sp³-hybridized carbons (Fsp3) is 0.684. The summed E-state index contributed by atoms with van der Waals surface area (Å²) >= 11 is 0. The van der Waals surface area contributed by atoms with Crippen LogP contribution < -0.4 is 0 Å². The van der Waals surface area contributed by atoms with Crippen LogP contribution in [0.15, 0.2) is 15.0 Å². The van der Waals surface area contributed by atoms with Crippen molar-refractivity contribution in [3.05, 3.63) is 29.3 Å². The zero-order valence-electron chi connectivity index (χ0n) is 15.9. The van der Waals surface area contributed by atoms with Gasteiger partial charge in [0, 0.05) is 37.7 Å². The number of rotatable bonds is 4. The van der Waals surface area contributed by atoms with Gasteiger partial charge < -0.3 is 18.6 Å². The third-order valence-corrected chi connectivity index (χ3v) is 5.39. The van der Waals surface area contributed by atoms with Gasteiger partial charge in [0.1, 0.15) is 11.8 Å². The Hall–Kier alpha value is -2.22. The first kappa shape index (κ1) is 18.2. The third kappa shape index (κ3) is 3.76. The molecule has 2 aromatic rings. The highest BCUT2D eigenvalue weighted by Gasteiger charge is 2.34. The van der Waals surface area contributed by atoms with E-state index in [4.69, 9.17) is 13.7 Å². The molecule has 0 aromatic carbocycles. The molecular formula is C19H26N4O4. The first-order valence-electron chi connectivity index (χ1n) is 9.82. The van der Waals surface area contributed by atoms with E-state index in [1.807, 2.05) is 13.8 Å². The largest absolute Gasteiger partial charge is 0.423 e. The molecular weight excluding hydrogens is 348 g/mol. The van der Waals surface area contributed by atoms with Gasteiger partial charge in [-0.1, -0.05) is 19.0 Å². The smallest absolute Gasteiger partial charge is 0.276 e. The van der Waals surface area contributed by atoms with Gasteiger partial charge in [-0.25, -0.2) is 0 Å². The predicted molar refractivity (Wildman–Crippen MR) is 95.3 cm³/mol. The number of carbonyl (C=O) groups excluding carboxylic acids is 1. The summed E-state index contributed by atoms with van der Waals surface area (Å²) in [5.74, 6) is 2.20. The van der Waals surface area contributed by atoms with E-state index in [2.05, 4.69) is 15.4 Å². The van der Waals surface area contributed by atoms with Crippen LogP contribution in [0.2, 0.25) is 0 Å². The molecule has 4 heterocycles. The van der Waals surface area contributed by atoms with E-state index in [9.17, 15) is 4.79 Å². The van der Waals surface area contributed by atoms with Crippen LogP contribution in [0.5, 0.6) is 0 Å². The standard InChI is InChI=1S/C19H26N4O4/c1-12(2)16-11-14(22-27-16)19(24)23-8-4-3-5-15(23)18-21-20-17(26-18)13-6-9-25-10-7-13/h11-13,15H,3-10H2,1-2H3. The Balaban J connectivity index is 1.53. The van der Waals surface area contributed by atoms with Gasteiger partial charge in [-0.15, -0.1) is 10.2 Å². The topological polar surface area (TPSA) is 94.5 Å². The van der Waals surface area contributed by atoms with Crippen LogP contribution in [-0.2, 0) is 4.74 Å². The Morgan fingerprint density at radius 3 is 2.67 bits per heavy atom. The van der Waals surface area contributed by atoms with E-state index in [1.165, 1.54) is 0 Å². The highest BCUT2D eigenvalue weighted by molar-refractivity contribution is 5.92. The molecule has 2 aromatic heterocycles. The maximum Gasteiger partial charge on any atom is 0.276 e. The van der Waals surface area contributed by atoms with Crippen LogP contribution in [0.4, 0.5) is 0 Å². The normalized spacial score (nSPS) is 21.7. The van der Waals surface area contributed by atoms with Crippen LogP contribution in [0.3, 0.4) is 0 Å². The molecule has 0 aliphatic carbocycles. The van der Waals surface area contributed by atoms with Crippen molar-refractivity contribution in [2.45, 2.75) is 63.8 Å². The second-order valence-electron chi connectivity index (χ2n) is 7.64. The summed E-state index contributed by atoms with van der Waals surface area (Å²) in [7, 11) is 0. The molecule has 2 aliphatic rings. The van der Waals surface area contributed by atoms with E-state index in [0.717, 1.165) is 45.3 Å². The minimum Gasteiger partial charge on any atom is -0.423 e. The molecule has 2 fully saturated rings. The molecule has 27 heavy (non-hydrogen) atoms. The quantitative estimate of drug-likeness (QED) is 0.809. The molecule has 4 rings (SSSR count). The lowest BCUT2D eigenvalue weighted by Crippen LogP contribution is -2.38. The fourth-order valence-electron chi connectivity index (χ4n) is 3.73. The zero-order chi connectivity index (χ0) is 18.8. The SMILES string of the molecule is CC(C)c1cc(C(=O)N2CCCCC2c2nnc(C3CCOCC3)o2)no1. The maximum absolute atomic E-state index is 13.0. The molecule has 1 unspecified atom stereocenters. The van der Waals surface area contributed by atoms with Gasteiger partial charge in [-0.05, 0) is 32.1 Å². The number of ether oxygens (including phenoxy) is 1. The second-order valence-corrected chi connectivity index (χ2v) is 7.64. The van der Waals surface area contributed by atoms with Crippen LogP contribution in [0.1, 0.15) is 91.9 Å². The number of hydrogen-bond acceptors (Lipinski definition) is 7. The number of amides is 1. The molecule has 0 radical (unpaired) electrons. The highest BCUT2D eigenvalue weighted by atomic mass is 16.5. The lowest BCUT2D eigenvalue weighted by atomic mass is 10.0. The van der Waals surface area contributed by atoms with Crippen LogP contribution in [0, 0.1) is 0 Å². The first-order valence-corrected chi connectivity index (χ1v) is 9.82. The lowest BCUT2D eigenvalue weighted by molar-refractivity contribution is 0.0551. The first-order chi connectivity index (χ1) is 13.1. The van der Waals surface area contributed by atoms with E-state index >= 15 is 0 Å². The molecule has 8 nitrogen and oxygen atoms in total. The number of piperidine rings is 1. The molecule has 8 heteroatoms. The van der Waals surface area contributed by atoms with Gasteiger partial charge in [-0.3, -0.25) is 4.79 Å². The number of hydrogen-bond donors (Lipinski definition) is 0. The minimum absolute atomic E-state index is 0.138. The van der Waals surface area contributed by atoms with Crippen molar-refractivity contribution in [2.24, 2.45) is 0 Å². The van der Waals surface area contributed by atoms with Crippen molar-refractivity contribution < 1.29 is 18.5 Å². The summed E-state index contributed by atoms with van der Waals surface area (Å²) in [5.41, 5.74) is 0.342. The molecule has 0 saturated carbocycles. The molecule has 2 saturated heterocycles. The molecule has 0 bridgehead atoms. The lowest BCUT2D eigenvalue weighted by Gasteiger charge is -2.32. The predicted octanol–water partition coefficient (Wildman–Crippen LogP) is 3.44. The van der Waals surface area contributed by atoms with Crippen LogP contribution in [-0.4, -0.2) is 45.9 Å². The van der Waals surface area contributed by atoms with Crippen molar-refractivity contribution in [2.75, 3.05) is 19.8 Å². The van der Waals surface area contributed by atoms with Gasteiger partial charge in [-0.2, -0.15) is 0 Å². The minimum atomic E-state index is -0.202. The van der Waals surface area contributed by atoms with Crippen molar-refractivity contribution in [1.82, 2.24) is 20.3 Å². The summed E-state index contributed by atoms with van der Waals surface area (Å²) in [5, 5.41) is 12.5. The Kier molecular flexibility index (Phi) is 5.24. The average Bonchev–Trinajstić information content (AvgIpc) is 3.38. The summed E-state index contributed by atoms with van der Waals surface area (Å²) in [6.45, 7) is 6.12. The Labute approximate surface area is 158 Å². The number of aromatic nitrogens is 3. The molecule has 0 spiro atoms. The van der Waals surface area contributed by atoms with E-state index < -0.39 is 0 Å². The number of carbonyl (C=O) groups is 1. The molecule has 146 valence electrons. The van der Waals surface area contributed by atoms with E-state index in [1.54, 1.807) is 11.0 Å². The van der Waals surface area contributed by atoms with Crippen molar-refractivity contribution in [3.63, 3.8) is 0 Å². The van der Waals surface area contributed by atoms with Gasteiger partial charge >= 0.3 is 0 Å². The zero-order valence-corrected chi connectivity index (χ0v) is 15.9. The summed E-state index contributed by atoms with van der Waals surface area (Å²) in [4.78, 5) is 14.8. The van der Waals surface area contributed by atoms with E-state index in [-0.39, 0.29) is 23.8 Å². The van der Waals surface area contributed by atoms with Gasteiger partial charge in [0.05, 0.1) is 0 Å². The Morgan fingerprint density at radius 1 is 1.15 bits per heavy atom. The molecule has 2 aliphatic heterocycles. The monoisotopic (exact) mass is 374 g/mol. The average molecular weight is 374 g/mol. The Bertz CT molecular complexity index is 778. The van der Waals surface area contributed by atoms with Crippen molar-refractivity contribution in [1.29, 1.82) is 0 Å². The summed E-state index contributed by atoms with van der Waals surface area (Å²) in [6, 6.07) is 1.53. The van der Waals surface area contributed by atoms with Crippen LogP contribution >= 0.6 is 0 Å². The third-order valence-electron chi connectivity index (χ3n) is 5.39. The van der Waals surface area contributed by atoms with Crippen molar-refractivity contribution in [3.8, 4) is 0 Å². The maximum atomic E-state index is 13.0. The number of likely N-dealkylation sites (tertiary alicyclic amines) is 1. The van der Waals surface area contributed by atoms with Gasteiger partial charge in [0.2, 0.25) is 11.8 Å². The second kappa shape index (κ2) is 7.80. The molecule has 1 atom stereocenters. The van der Waals surface area contributed by atoms with Crippen LogP contribution in [0.25, 0.3) is 0 Å². The van der Waals surface area contributed by atoms with Gasteiger partial charge in [0.25, 0.3) is 5.91 Å². The molecule has 0 N–H and O–H groups in total.